The summed E-state index contributed by atoms with van der Waals surface area (Å²) in [5.41, 5.74) is 2.47. The number of nitrogens with one attached hydrogen (secondary N) is 1. The predicted octanol–water partition coefficient (Wildman–Crippen LogP) is 5.75. The van der Waals surface area contributed by atoms with Crippen molar-refractivity contribution in [2.75, 3.05) is 5.32 Å². The van der Waals surface area contributed by atoms with Crippen molar-refractivity contribution in [2.45, 2.75) is 23.4 Å². The van der Waals surface area contributed by atoms with Crippen molar-refractivity contribution < 1.29 is 12.8 Å². The van der Waals surface area contributed by atoms with Crippen LogP contribution in [0.5, 0.6) is 0 Å². The van der Waals surface area contributed by atoms with E-state index in [4.69, 9.17) is 16.0 Å². The second-order valence-electron chi connectivity index (χ2n) is 6.78. The van der Waals surface area contributed by atoms with Crippen LogP contribution in [0.25, 0.3) is 11.5 Å². The lowest BCUT2D eigenvalue weighted by Gasteiger charge is -2.07. The number of aryl methyl sites for hydroxylation is 1. The maximum absolute atomic E-state index is 13.3. The van der Waals surface area contributed by atoms with Crippen molar-refractivity contribution in [3.8, 4) is 11.5 Å². The van der Waals surface area contributed by atoms with Crippen LogP contribution < -0.4 is 5.32 Å². The Bertz CT molecular complexity index is 1270. The third-order valence-electron chi connectivity index (χ3n) is 4.60. The zero-order chi connectivity index (χ0) is 21.1. The minimum absolute atomic E-state index is 0.0781. The van der Waals surface area contributed by atoms with Crippen molar-refractivity contribution in [3.63, 3.8) is 0 Å². The Kier molecular flexibility index (Phi) is 5.61. The molecule has 1 N–H and O–H groups in total. The third kappa shape index (κ3) is 4.10. The number of sulfone groups is 1. The molecule has 152 valence electrons. The third-order valence-corrected chi connectivity index (χ3v) is 6.65. The molecule has 0 aliphatic carbocycles. The van der Waals surface area contributed by atoms with Crippen LogP contribution >= 0.6 is 11.6 Å². The standard InChI is InChI=1S/C23H19ClN2O3S/c1-16-11-13-19(14-12-16)30(27,28)23-22(25-15-18-9-5-6-10-20(18)24)29-21(26-23)17-7-3-2-4-8-17/h2-14,25H,15H2,1H3. The van der Waals surface area contributed by atoms with Gasteiger partial charge in [-0.1, -0.05) is 65.7 Å². The highest BCUT2D eigenvalue weighted by molar-refractivity contribution is 7.91. The zero-order valence-electron chi connectivity index (χ0n) is 16.2. The topological polar surface area (TPSA) is 72.2 Å². The van der Waals surface area contributed by atoms with Gasteiger partial charge < -0.3 is 9.73 Å². The summed E-state index contributed by atoms with van der Waals surface area (Å²) in [4.78, 5) is 4.49. The van der Waals surface area contributed by atoms with Gasteiger partial charge in [0.1, 0.15) is 0 Å². The van der Waals surface area contributed by atoms with E-state index >= 15 is 0 Å². The monoisotopic (exact) mass is 438 g/mol. The SMILES string of the molecule is Cc1ccc(S(=O)(=O)c2nc(-c3ccccc3)oc2NCc2ccccc2Cl)cc1. The van der Waals surface area contributed by atoms with E-state index in [1.807, 2.05) is 55.5 Å². The number of anilines is 1. The number of nitrogens with zero attached hydrogens (tertiary/aromatic N) is 1. The molecule has 4 aromatic rings. The molecule has 0 aliphatic rings. The minimum Gasteiger partial charge on any atom is -0.419 e. The van der Waals surface area contributed by atoms with Gasteiger partial charge in [0, 0.05) is 17.1 Å². The van der Waals surface area contributed by atoms with E-state index in [-0.39, 0.29) is 21.7 Å². The van der Waals surface area contributed by atoms with Gasteiger partial charge >= 0.3 is 0 Å². The van der Waals surface area contributed by atoms with Gasteiger partial charge in [-0.15, -0.1) is 0 Å². The molecule has 5 nitrogen and oxygen atoms in total. The summed E-state index contributed by atoms with van der Waals surface area (Å²) in [7, 11) is -3.89. The predicted molar refractivity (Wildman–Crippen MR) is 117 cm³/mol. The molecule has 1 heterocycles. The van der Waals surface area contributed by atoms with Gasteiger partial charge in [0.15, 0.2) is 0 Å². The summed E-state index contributed by atoms with van der Waals surface area (Å²) in [6.07, 6.45) is 0. The summed E-state index contributed by atoms with van der Waals surface area (Å²) in [6.45, 7) is 2.19. The fraction of sp³-hybridized carbons (Fsp3) is 0.0870. The van der Waals surface area contributed by atoms with Gasteiger partial charge in [0.2, 0.25) is 26.6 Å². The molecule has 0 saturated carbocycles. The lowest BCUT2D eigenvalue weighted by Crippen LogP contribution is -2.07. The summed E-state index contributed by atoms with van der Waals surface area (Å²) in [5.74, 6) is 0.303. The molecule has 0 unspecified atom stereocenters. The van der Waals surface area contributed by atoms with Crippen LogP contribution in [0.1, 0.15) is 11.1 Å². The first-order valence-electron chi connectivity index (χ1n) is 9.30. The van der Waals surface area contributed by atoms with Crippen molar-refractivity contribution >= 4 is 27.3 Å². The zero-order valence-corrected chi connectivity index (χ0v) is 17.7. The van der Waals surface area contributed by atoms with Gasteiger partial charge in [-0.05, 0) is 42.8 Å². The van der Waals surface area contributed by atoms with E-state index < -0.39 is 9.84 Å². The van der Waals surface area contributed by atoms with Crippen LogP contribution in [0.4, 0.5) is 5.88 Å². The number of hydrogen-bond acceptors (Lipinski definition) is 5. The van der Waals surface area contributed by atoms with Crippen molar-refractivity contribution in [3.05, 3.63) is 95.0 Å². The fourth-order valence-electron chi connectivity index (χ4n) is 2.95. The quantitative estimate of drug-likeness (QED) is 0.415. The number of hydrogen-bond donors (Lipinski definition) is 1. The second kappa shape index (κ2) is 8.34. The highest BCUT2D eigenvalue weighted by atomic mass is 35.5. The minimum atomic E-state index is -3.89. The Morgan fingerprint density at radius 1 is 0.933 bits per heavy atom. The molecule has 0 amide bonds. The van der Waals surface area contributed by atoms with Gasteiger partial charge in [-0.2, -0.15) is 4.98 Å². The molecule has 0 bridgehead atoms. The van der Waals surface area contributed by atoms with E-state index in [0.717, 1.165) is 11.1 Å². The normalized spacial score (nSPS) is 11.4. The Morgan fingerprint density at radius 3 is 2.30 bits per heavy atom. The highest BCUT2D eigenvalue weighted by Gasteiger charge is 2.28. The fourth-order valence-corrected chi connectivity index (χ4v) is 4.43. The molecule has 0 aliphatic heterocycles. The maximum atomic E-state index is 13.3. The van der Waals surface area contributed by atoms with E-state index in [1.54, 1.807) is 30.3 Å². The molecular formula is C23H19ClN2O3S. The van der Waals surface area contributed by atoms with Crippen molar-refractivity contribution in [1.82, 2.24) is 4.98 Å². The highest BCUT2D eigenvalue weighted by Crippen LogP contribution is 2.33. The molecule has 7 heteroatoms. The molecule has 1 aromatic heterocycles. The molecule has 0 spiro atoms. The van der Waals surface area contributed by atoms with Crippen molar-refractivity contribution in [1.29, 1.82) is 0 Å². The Hall–Kier alpha value is -3.09. The average molecular weight is 439 g/mol. The molecular weight excluding hydrogens is 420 g/mol. The smallest absolute Gasteiger partial charge is 0.234 e. The lowest BCUT2D eigenvalue weighted by atomic mass is 10.2. The van der Waals surface area contributed by atoms with Gasteiger partial charge in [-0.3, -0.25) is 0 Å². The molecule has 4 rings (SSSR count). The number of benzene rings is 3. The Balaban J connectivity index is 1.76. The second-order valence-corrected chi connectivity index (χ2v) is 9.05. The summed E-state index contributed by atoms with van der Waals surface area (Å²) >= 11 is 6.23. The van der Waals surface area contributed by atoms with E-state index in [1.165, 1.54) is 0 Å². The summed E-state index contributed by atoms with van der Waals surface area (Å²) in [5, 5.41) is 3.48. The van der Waals surface area contributed by atoms with Crippen LogP contribution in [0.2, 0.25) is 5.02 Å². The van der Waals surface area contributed by atoms with Crippen LogP contribution in [0, 0.1) is 6.92 Å². The first-order valence-corrected chi connectivity index (χ1v) is 11.2. The lowest BCUT2D eigenvalue weighted by molar-refractivity contribution is 0.576. The van der Waals surface area contributed by atoms with Crippen LogP contribution in [0.15, 0.2) is 93.2 Å². The van der Waals surface area contributed by atoms with E-state index in [9.17, 15) is 8.42 Å². The van der Waals surface area contributed by atoms with Crippen LogP contribution in [0.3, 0.4) is 0 Å². The van der Waals surface area contributed by atoms with E-state index in [2.05, 4.69) is 10.3 Å². The molecule has 3 aromatic carbocycles. The van der Waals surface area contributed by atoms with Gasteiger partial charge in [0.25, 0.3) is 0 Å². The van der Waals surface area contributed by atoms with E-state index in [0.29, 0.717) is 17.1 Å². The average Bonchev–Trinajstić information content (AvgIpc) is 3.19. The number of rotatable bonds is 6. The summed E-state index contributed by atoms with van der Waals surface area (Å²) < 4.78 is 32.5. The molecule has 0 radical (unpaired) electrons. The Morgan fingerprint density at radius 2 is 1.60 bits per heavy atom. The molecule has 0 atom stereocenters. The number of oxazole rings is 1. The first kappa shape index (κ1) is 20.2. The maximum Gasteiger partial charge on any atom is 0.234 e. The van der Waals surface area contributed by atoms with Crippen LogP contribution in [-0.2, 0) is 16.4 Å². The Labute approximate surface area is 180 Å². The van der Waals surface area contributed by atoms with Crippen LogP contribution in [-0.4, -0.2) is 13.4 Å². The molecule has 0 fully saturated rings. The molecule has 0 saturated heterocycles. The molecule has 30 heavy (non-hydrogen) atoms. The number of aromatic nitrogens is 1. The van der Waals surface area contributed by atoms with Gasteiger partial charge in [0.05, 0.1) is 4.90 Å². The summed E-state index contributed by atoms with van der Waals surface area (Å²) in [6, 6.07) is 23.1. The van der Waals surface area contributed by atoms with Crippen molar-refractivity contribution in [2.24, 2.45) is 0 Å². The van der Waals surface area contributed by atoms with Gasteiger partial charge in [-0.25, -0.2) is 8.42 Å². The number of halogens is 1. The largest absolute Gasteiger partial charge is 0.419 e. The first-order chi connectivity index (χ1) is 14.4.